The lowest BCUT2D eigenvalue weighted by Gasteiger charge is -2.41. The number of aryl methyl sites for hydroxylation is 2. The van der Waals surface area contributed by atoms with Gasteiger partial charge in [0.2, 0.25) is 0 Å². The third kappa shape index (κ3) is 10.8. The summed E-state index contributed by atoms with van der Waals surface area (Å²) in [4.78, 5) is -3.12. The Morgan fingerprint density at radius 2 is 0.648 bits per heavy atom. The third-order valence-corrected chi connectivity index (χ3v) is 16.2. The molecule has 0 aromatic carbocycles. The summed E-state index contributed by atoms with van der Waals surface area (Å²) in [7, 11) is -10.8. The number of halogens is 26. The molecular formula is C31H34F26N6O6P2. The van der Waals surface area contributed by atoms with Crippen LogP contribution in [0.1, 0.15) is 51.9 Å². The van der Waals surface area contributed by atoms with Crippen molar-refractivity contribution in [3.8, 4) is 0 Å². The fourth-order valence-corrected chi connectivity index (χ4v) is 11.7. The van der Waals surface area contributed by atoms with Crippen LogP contribution >= 0.6 is 15.2 Å². The number of nitrogens with zero attached hydrogens (tertiary/aromatic N) is 6. The van der Waals surface area contributed by atoms with E-state index in [-0.39, 0.29) is 9.36 Å². The van der Waals surface area contributed by atoms with Crippen molar-refractivity contribution < 1.29 is 141 Å². The number of hydrogen-bond donors (Lipinski definition) is 0. The Labute approximate surface area is 380 Å². The summed E-state index contributed by atoms with van der Waals surface area (Å²) >= 11 is 0. The summed E-state index contributed by atoms with van der Waals surface area (Å²) in [5.41, 5.74) is -1.80. The van der Waals surface area contributed by atoms with E-state index in [9.17, 15) is 123 Å². The molecule has 0 aliphatic rings. The molecule has 0 N–H and O–H groups in total. The molecule has 2 heterocycles. The first-order chi connectivity index (χ1) is 31.6. The number of aromatic nitrogens is 6. The van der Waals surface area contributed by atoms with Crippen LogP contribution in [0.25, 0.3) is 0 Å². The summed E-state index contributed by atoms with van der Waals surface area (Å²) < 4.78 is 406. The quantitative estimate of drug-likeness (QED) is 0.0599. The maximum atomic E-state index is 14.8. The van der Waals surface area contributed by atoms with Crippen molar-refractivity contribution in [3.63, 3.8) is 0 Å². The van der Waals surface area contributed by atoms with Crippen LogP contribution in [0, 0.1) is 0 Å². The van der Waals surface area contributed by atoms with E-state index in [1.807, 2.05) is 0 Å². The van der Waals surface area contributed by atoms with Gasteiger partial charge >= 0.3 is 86.8 Å². The van der Waals surface area contributed by atoms with Gasteiger partial charge in [-0.3, -0.25) is 18.5 Å². The van der Waals surface area contributed by atoms with Crippen molar-refractivity contribution >= 4 is 15.2 Å². The van der Waals surface area contributed by atoms with Crippen LogP contribution in [0.5, 0.6) is 0 Å². The van der Waals surface area contributed by atoms with Gasteiger partial charge < -0.3 is 18.1 Å². The average Bonchev–Trinajstić information content (AvgIpc) is 3.86. The van der Waals surface area contributed by atoms with Crippen LogP contribution in [-0.2, 0) is 53.2 Å². The highest BCUT2D eigenvalue weighted by molar-refractivity contribution is 7.74. The van der Waals surface area contributed by atoms with Crippen molar-refractivity contribution in [3.05, 3.63) is 23.8 Å². The lowest BCUT2D eigenvalue weighted by atomic mass is 9.92. The predicted molar refractivity (Wildman–Crippen MR) is 183 cm³/mol. The van der Waals surface area contributed by atoms with E-state index in [4.69, 9.17) is 18.1 Å². The minimum absolute atomic E-state index is 0.0564. The molecule has 2 rings (SSSR count). The molecule has 0 aliphatic heterocycles. The van der Waals surface area contributed by atoms with Crippen molar-refractivity contribution in [1.29, 1.82) is 0 Å². The van der Waals surface area contributed by atoms with Crippen molar-refractivity contribution in [1.82, 2.24) is 30.0 Å². The Morgan fingerprint density at radius 3 is 0.873 bits per heavy atom. The zero-order valence-corrected chi connectivity index (χ0v) is 37.4. The summed E-state index contributed by atoms with van der Waals surface area (Å²) in [5.74, 6) is -77.5. The van der Waals surface area contributed by atoms with Gasteiger partial charge in [0.25, 0.3) is 0 Å². The van der Waals surface area contributed by atoms with E-state index in [1.54, 1.807) is 0 Å². The normalized spacial score (nSPS) is 15.5. The highest BCUT2D eigenvalue weighted by Crippen LogP contribution is 2.79. The van der Waals surface area contributed by atoms with Gasteiger partial charge in [-0.15, -0.1) is 10.2 Å². The molecule has 0 amide bonds. The molecule has 0 unspecified atom stereocenters. The van der Waals surface area contributed by atoms with E-state index in [0.717, 1.165) is 27.7 Å². The molecule has 0 saturated heterocycles. The smallest absolute Gasteiger partial charge is 0.308 e. The number of hydrogen-bond acceptors (Lipinski definition) is 10. The molecule has 2 aromatic rings. The van der Waals surface area contributed by atoms with Crippen LogP contribution < -0.4 is 0 Å². The summed E-state index contributed by atoms with van der Waals surface area (Å²) in [6.45, 7) is -2.36. The Balaban J connectivity index is 2.73. The second-order valence-corrected chi connectivity index (χ2v) is 19.5. The first kappa shape index (κ1) is 63.9. The molecule has 0 aliphatic carbocycles. The SMILES string of the molecule is CCOP(=O)(OCC)C(Cc1cn(CCC(F)(F)C(F)(F)C(F)(F)C(F)(F)C(F)(F)C(F)(F)F)nn1)(Cc1cn(CCC(F)(F)C(F)(F)C(F)(F)C(F)(F)C(F)(F)C(F)(F)F)nn1)P(=O)(OCC)OCC. The molecular weight excluding hydrogens is 1110 g/mol. The van der Waals surface area contributed by atoms with E-state index in [2.05, 4.69) is 20.6 Å². The van der Waals surface area contributed by atoms with E-state index < -0.39 is 168 Å². The summed E-state index contributed by atoms with van der Waals surface area (Å²) in [6.07, 6.45) is -23.3. The monoisotopic (exact) mass is 1140 g/mol. The van der Waals surface area contributed by atoms with Crippen molar-refractivity contribution in [2.24, 2.45) is 0 Å². The molecule has 12 nitrogen and oxygen atoms in total. The second kappa shape index (κ2) is 20.5. The molecule has 0 atom stereocenters. The maximum Gasteiger partial charge on any atom is 0.460 e. The molecule has 0 fully saturated rings. The molecule has 0 bridgehead atoms. The fraction of sp³-hybridized carbons (Fsp3) is 0.871. The summed E-state index contributed by atoms with van der Waals surface area (Å²) in [5, 5.41) is 13.0. The Morgan fingerprint density at radius 1 is 0.408 bits per heavy atom. The van der Waals surface area contributed by atoms with Crippen LogP contribution in [0.3, 0.4) is 0 Å². The zero-order chi connectivity index (χ0) is 56.0. The summed E-state index contributed by atoms with van der Waals surface area (Å²) in [6, 6.07) is 0. The first-order valence-electron chi connectivity index (χ1n) is 19.0. The van der Waals surface area contributed by atoms with E-state index in [1.165, 1.54) is 0 Å². The Bertz CT molecular complexity index is 2030. The van der Waals surface area contributed by atoms with E-state index in [0.29, 0.717) is 12.4 Å². The van der Waals surface area contributed by atoms with Gasteiger partial charge in [-0.2, -0.15) is 114 Å². The molecule has 0 radical (unpaired) electrons. The topological polar surface area (TPSA) is 132 Å². The lowest BCUT2D eigenvalue weighted by molar-refractivity contribution is -0.440. The zero-order valence-electron chi connectivity index (χ0n) is 35.6. The molecule has 0 spiro atoms. The molecule has 71 heavy (non-hydrogen) atoms. The van der Waals surface area contributed by atoms with Crippen LogP contribution in [0.2, 0.25) is 0 Å². The van der Waals surface area contributed by atoms with Gasteiger partial charge in [-0.1, -0.05) is 10.4 Å². The number of alkyl halides is 26. The van der Waals surface area contributed by atoms with Gasteiger partial charge in [0, 0.05) is 51.2 Å². The average molecular weight is 1140 g/mol. The third-order valence-electron chi connectivity index (χ3n) is 9.62. The van der Waals surface area contributed by atoms with Gasteiger partial charge in [-0.05, 0) is 27.7 Å². The molecule has 2 aromatic heterocycles. The van der Waals surface area contributed by atoms with Crippen molar-refractivity contribution in [2.75, 3.05) is 26.4 Å². The molecule has 416 valence electrons. The fourth-order valence-electron chi connectivity index (χ4n) is 5.90. The van der Waals surface area contributed by atoms with E-state index >= 15 is 0 Å². The highest BCUT2D eigenvalue weighted by Gasteiger charge is 2.92. The van der Waals surface area contributed by atoms with Crippen molar-refractivity contribution in [2.45, 2.75) is 143 Å². The lowest BCUT2D eigenvalue weighted by Crippen LogP contribution is -2.70. The molecule has 0 saturated carbocycles. The Kier molecular flexibility index (Phi) is 18.4. The minimum atomic E-state index is -8.23. The van der Waals surface area contributed by atoms with Crippen LogP contribution in [-0.4, -0.2) is 133 Å². The van der Waals surface area contributed by atoms with Gasteiger partial charge in [-0.25, -0.2) is 0 Å². The van der Waals surface area contributed by atoms with Crippen LogP contribution in [0.4, 0.5) is 114 Å². The first-order valence-corrected chi connectivity index (χ1v) is 22.1. The second-order valence-electron chi connectivity index (χ2n) is 14.4. The molecule has 40 heteroatoms. The van der Waals surface area contributed by atoms with Gasteiger partial charge in [0.15, 0.2) is 4.90 Å². The minimum Gasteiger partial charge on any atom is -0.308 e. The largest absolute Gasteiger partial charge is 0.460 e. The highest BCUT2D eigenvalue weighted by atomic mass is 31.2. The number of rotatable bonds is 28. The van der Waals surface area contributed by atoms with Crippen LogP contribution in [0.15, 0.2) is 12.4 Å². The Hall–Kier alpha value is -3.24. The predicted octanol–water partition coefficient (Wildman–Crippen LogP) is 12.1. The van der Waals surface area contributed by atoms with Gasteiger partial charge in [0.05, 0.1) is 37.8 Å². The standard InChI is InChI=1S/C31H34F26N6O6P2/c1-5-66-70(64,67-6-2)19(71(65,68-7-3)69-8-4,13-17-15-62(60-58-17)11-9-20(32,33)22(36,37)24(40,41)26(44,45)28(48,49)30(52,53)54)14-18-16-63(61-59-18)12-10-21(34,35)23(38,39)25(42,43)27(46,47)29(50,51)31(55,56)57/h15-16H,5-14H2,1-4H3. The maximum absolute atomic E-state index is 14.8. The van der Waals surface area contributed by atoms with Gasteiger partial charge in [0.1, 0.15) is 0 Å².